The van der Waals surface area contributed by atoms with E-state index in [9.17, 15) is 4.79 Å². The number of fused-ring (bicyclic) bond motifs is 2. The first-order chi connectivity index (χ1) is 10.9. The highest BCUT2D eigenvalue weighted by atomic mass is 16.6. The predicted octanol–water partition coefficient (Wildman–Crippen LogP) is 4.39. The Morgan fingerprint density at radius 3 is 2.78 bits per heavy atom. The Morgan fingerprint density at radius 2 is 2.00 bits per heavy atom. The van der Waals surface area contributed by atoms with E-state index in [1.165, 1.54) is 42.4 Å². The molecule has 1 atom stereocenters. The summed E-state index contributed by atoms with van der Waals surface area (Å²) in [6.45, 7) is 7.83. The first-order valence-corrected chi connectivity index (χ1v) is 8.85. The Hall–Kier alpha value is -1.71. The topological polar surface area (TPSA) is 34.5 Å². The Morgan fingerprint density at radius 1 is 1.22 bits per heavy atom. The highest BCUT2D eigenvalue weighted by Gasteiger charge is 2.36. The average molecular weight is 314 g/mol. The summed E-state index contributed by atoms with van der Waals surface area (Å²) in [6, 6.07) is 0. The first kappa shape index (κ1) is 14.9. The second-order valence-electron chi connectivity index (χ2n) is 8.10. The highest BCUT2D eigenvalue weighted by molar-refractivity contribution is 5.78. The summed E-state index contributed by atoms with van der Waals surface area (Å²) in [5.41, 5.74) is 5.17. The molecule has 0 radical (unpaired) electrons. The molecule has 4 nitrogen and oxygen atoms in total. The van der Waals surface area contributed by atoms with Gasteiger partial charge in [0.2, 0.25) is 0 Å². The van der Waals surface area contributed by atoms with Crippen molar-refractivity contribution in [1.82, 2.24) is 9.47 Å². The van der Waals surface area contributed by atoms with Gasteiger partial charge in [0.05, 0.1) is 0 Å². The van der Waals surface area contributed by atoms with Crippen LogP contribution >= 0.6 is 0 Å². The number of nitrogens with zero attached hydrogens (tertiary/aromatic N) is 2. The van der Waals surface area contributed by atoms with Crippen LogP contribution in [0.4, 0.5) is 4.79 Å². The van der Waals surface area contributed by atoms with Gasteiger partial charge in [0.25, 0.3) is 0 Å². The Bertz CT molecular complexity index is 678. The lowest BCUT2D eigenvalue weighted by Crippen LogP contribution is -2.37. The molecule has 1 aliphatic carbocycles. The van der Waals surface area contributed by atoms with Crippen LogP contribution in [0.5, 0.6) is 0 Å². The summed E-state index contributed by atoms with van der Waals surface area (Å²) in [6.07, 6.45) is 10.1. The molecule has 3 aliphatic rings. The molecule has 2 aliphatic heterocycles. The van der Waals surface area contributed by atoms with Crippen LogP contribution in [0.1, 0.15) is 64.0 Å². The zero-order chi connectivity index (χ0) is 16.2. The lowest BCUT2D eigenvalue weighted by atomic mass is 9.77. The summed E-state index contributed by atoms with van der Waals surface area (Å²) in [4.78, 5) is 14.9. The van der Waals surface area contributed by atoms with E-state index in [1.807, 2.05) is 33.2 Å². The normalized spacial score (nSPS) is 23.4. The molecule has 0 amide bonds. The van der Waals surface area contributed by atoms with Crippen LogP contribution in [0.25, 0.3) is 5.57 Å². The van der Waals surface area contributed by atoms with E-state index in [2.05, 4.69) is 4.90 Å². The number of hydrogen-bond acceptors (Lipinski definition) is 3. The number of rotatable bonds is 0. The maximum atomic E-state index is 12.4. The molecule has 0 spiro atoms. The standard InChI is InChI=1S/C19H26N2O2/c1-19(2,3)23-18(22)21-11-14-10-20-9-5-7-13-6-4-8-15(17(13)20)16(14)12-21/h11-13H,4-10H2,1-3H3. The van der Waals surface area contributed by atoms with Gasteiger partial charge in [0.15, 0.2) is 0 Å². The van der Waals surface area contributed by atoms with E-state index in [4.69, 9.17) is 4.74 Å². The maximum absolute atomic E-state index is 12.4. The van der Waals surface area contributed by atoms with Gasteiger partial charge in [-0.15, -0.1) is 0 Å². The number of piperidine rings is 1. The van der Waals surface area contributed by atoms with Crippen molar-refractivity contribution in [2.24, 2.45) is 5.92 Å². The van der Waals surface area contributed by atoms with Crippen molar-refractivity contribution in [1.29, 1.82) is 0 Å². The molecule has 1 aromatic rings. The van der Waals surface area contributed by atoms with Crippen LogP contribution < -0.4 is 0 Å². The van der Waals surface area contributed by atoms with E-state index < -0.39 is 5.60 Å². The van der Waals surface area contributed by atoms with Crippen molar-refractivity contribution in [3.05, 3.63) is 29.2 Å². The number of aromatic nitrogens is 1. The van der Waals surface area contributed by atoms with Crippen molar-refractivity contribution in [3.8, 4) is 0 Å². The lowest BCUT2D eigenvalue weighted by molar-refractivity contribution is 0.0537. The largest absolute Gasteiger partial charge is 0.443 e. The molecule has 23 heavy (non-hydrogen) atoms. The predicted molar refractivity (Wildman–Crippen MR) is 90.0 cm³/mol. The molecule has 0 aromatic carbocycles. The summed E-state index contributed by atoms with van der Waals surface area (Å²) < 4.78 is 7.16. The number of allylic oxidation sites excluding steroid dienone is 2. The Kier molecular flexibility index (Phi) is 3.33. The second kappa shape index (κ2) is 5.15. The van der Waals surface area contributed by atoms with Gasteiger partial charge in [-0.25, -0.2) is 4.79 Å². The van der Waals surface area contributed by atoms with Gasteiger partial charge in [-0.2, -0.15) is 0 Å². The monoisotopic (exact) mass is 314 g/mol. The molecule has 3 heterocycles. The average Bonchev–Trinajstić information content (AvgIpc) is 2.90. The van der Waals surface area contributed by atoms with Gasteiger partial charge >= 0.3 is 6.09 Å². The molecule has 0 bridgehead atoms. The third-order valence-corrected chi connectivity index (χ3v) is 5.20. The van der Waals surface area contributed by atoms with Crippen molar-refractivity contribution in [2.45, 2.75) is 65.0 Å². The molecule has 1 aromatic heterocycles. The SMILES string of the molecule is CC(C)(C)OC(=O)n1cc2c(c1)C1=C3C(CCC1)CCCN3C2. The smallest absolute Gasteiger partial charge is 0.418 e. The molecule has 1 saturated heterocycles. The van der Waals surface area contributed by atoms with Gasteiger partial charge in [-0.3, -0.25) is 4.57 Å². The van der Waals surface area contributed by atoms with E-state index in [0.717, 1.165) is 25.4 Å². The fourth-order valence-corrected chi connectivity index (χ4v) is 4.37. The van der Waals surface area contributed by atoms with Crippen LogP contribution in [0, 0.1) is 5.92 Å². The number of hydrogen-bond donors (Lipinski definition) is 0. The van der Waals surface area contributed by atoms with E-state index in [1.54, 1.807) is 10.3 Å². The highest BCUT2D eigenvalue weighted by Crippen LogP contribution is 2.46. The Labute approximate surface area is 138 Å². The molecule has 1 unspecified atom stereocenters. The number of carbonyl (C=O) groups is 1. The summed E-state index contributed by atoms with van der Waals surface area (Å²) in [7, 11) is 0. The molecular weight excluding hydrogens is 288 g/mol. The van der Waals surface area contributed by atoms with Crippen LogP contribution in [-0.2, 0) is 11.3 Å². The van der Waals surface area contributed by atoms with Crippen molar-refractivity contribution >= 4 is 11.7 Å². The van der Waals surface area contributed by atoms with Gasteiger partial charge in [-0.05, 0) is 69.9 Å². The molecular formula is C19H26N2O2. The molecule has 0 saturated carbocycles. The van der Waals surface area contributed by atoms with Crippen molar-refractivity contribution < 1.29 is 9.53 Å². The second-order valence-corrected chi connectivity index (χ2v) is 8.10. The van der Waals surface area contributed by atoms with Gasteiger partial charge < -0.3 is 9.64 Å². The van der Waals surface area contributed by atoms with Crippen molar-refractivity contribution in [2.75, 3.05) is 6.54 Å². The minimum atomic E-state index is -0.461. The number of carbonyl (C=O) groups excluding carboxylic acids is 1. The third kappa shape index (κ3) is 2.58. The fraction of sp³-hybridized carbons (Fsp3) is 0.632. The minimum Gasteiger partial charge on any atom is -0.443 e. The quantitative estimate of drug-likeness (QED) is 0.712. The maximum Gasteiger partial charge on any atom is 0.418 e. The van der Waals surface area contributed by atoms with Crippen LogP contribution in [-0.4, -0.2) is 27.7 Å². The van der Waals surface area contributed by atoms with Gasteiger partial charge in [0, 0.05) is 36.7 Å². The summed E-state index contributed by atoms with van der Waals surface area (Å²) >= 11 is 0. The van der Waals surface area contributed by atoms with E-state index in [0.29, 0.717) is 0 Å². The number of ether oxygens (including phenoxy) is 1. The van der Waals surface area contributed by atoms with Crippen molar-refractivity contribution in [3.63, 3.8) is 0 Å². The first-order valence-electron chi connectivity index (χ1n) is 8.85. The molecule has 4 rings (SSSR count). The fourth-order valence-electron chi connectivity index (χ4n) is 4.37. The van der Waals surface area contributed by atoms with Crippen LogP contribution in [0.2, 0.25) is 0 Å². The molecule has 1 fully saturated rings. The van der Waals surface area contributed by atoms with Gasteiger partial charge in [-0.1, -0.05) is 0 Å². The summed E-state index contributed by atoms with van der Waals surface area (Å²) in [5.74, 6) is 0.741. The summed E-state index contributed by atoms with van der Waals surface area (Å²) in [5, 5.41) is 0. The molecule has 124 valence electrons. The third-order valence-electron chi connectivity index (χ3n) is 5.20. The van der Waals surface area contributed by atoms with E-state index in [-0.39, 0.29) is 6.09 Å². The molecule has 0 N–H and O–H groups in total. The Balaban J connectivity index is 1.71. The molecule has 4 heteroatoms. The zero-order valence-electron chi connectivity index (χ0n) is 14.4. The zero-order valence-corrected chi connectivity index (χ0v) is 14.4. The van der Waals surface area contributed by atoms with Crippen LogP contribution in [0.3, 0.4) is 0 Å². The van der Waals surface area contributed by atoms with Gasteiger partial charge in [0.1, 0.15) is 5.60 Å². The minimum absolute atomic E-state index is 0.275. The van der Waals surface area contributed by atoms with E-state index >= 15 is 0 Å². The van der Waals surface area contributed by atoms with Crippen LogP contribution in [0.15, 0.2) is 18.1 Å². The lowest BCUT2D eigenvalue weighted by Gasteiger charge is -2.44.